The molecule has 0 aromatic heterocycles. The van der Waals surface area contributed by atoms with Crippen LogP contribution < -0.4 is 15.4 Å². The molecule has 0 spiro atoms. The number of rotatable bonds is 12. The number of hydrogen-bond donors (Lipinski definition) is 3. The maximum absolute atomic E-state index is 13.7. The molecule has 0 saturated carbocycles. The fourth-order valence-electron chi connectivity index (χ4n) is 6.21. The summed E-state index contributed by atoms with van der Waals surface area (Å²) >= 11 is 4.39. The van der Waals surface area contributed by atoms with Crippen LogP contribution in [0, 0.1) is 0 Å². The number of benzene rings is 4. The van der Waals surface area contributed by atoms with Crippen molar-refractivity contribution in [3.63, 3.8) is 0 Å². The number of carbonyl (C=O) groups excluding carboxylic acids is 1. The van der Waals surface area contributed by atoms with Crippen LogP contribution in [0.25, 0.3) is 21.5 Å². The van der Waals surface area contributed by atoms with Gasteiger partial charge >= 0.3 is 0 Å². The third kappa shape index (κ3) is 7.21. The van der Waals surface area contributed by atoms with Crippen molar-refractivity contribution in [2.75, 3.05) is 57.5 Å². The SMILES string of the molecule is CN(C)c1cccc2c(S(=O)(=O)NCCCC[C@H]3CN(C(=O)c4cccc5ccccc45)CCN3C[C@@H](N)CS)cccc12. The maximum atomic E-state index is 13.7. The van der Waals surface area contributed by atoms with Gasteiger partial charge in [0.15, 0.2) is 0 Å². The minimum absolute atomic E-state index is 0.0465. The topological polar surface area (TPSA) is 99.0 Å². The van der Waals surface area contributed by atoms with E-state index in [0.717, 1.165) is 46.8 Å². The Morgan fingerprint density at radius 2 is 1.66 bits per heavy atom. The van der Waals surface area contributed by atoms with E-state index < -0.39 is 10.0 Å². The van der Waals surface area contributed by atoms with Gasteiger partial charge in [-0.05, 0) is 41.8 Å². The molecular formula is C34H43N5O3S2. The first-order valence-corrected chi connectivity index (χ1v) is 17.4. The van der Waals surface area contributed by atoms with Crippen molar-refractivity contribution in [1.82, 2.24) is 14.5 Å². The Morgan fingerprint density at radius 1 is 0.955 bits per heavy atom. The largest absolute Gasteiger partial charge is 0.377 e. The maximum Gasteiger partial charge on any atom is 0.254 e. The summed E-state index contributed by atoms with van der Waals surface area (Å²) < 4.78 is 29.5. The third-order valence-corrected chi connectivity index (χ3v) is 10.5. The number of amides is 1. The molecule has 234 valence electrons. The van der Waals surface area contributed by atoms with E-state index in [0.29, 0.717) is 48.6 Å². The van der Waals surface area contributed by atoms with Gasteiger partial charge in [-0.25, -0.2) is 13.1 Å². The van der Waals surface area contributed by atoms with Crippen LogP contribution in [-0.4, -0.2) is 88.8 Å². The summed E-state index contributed by atoms with van der Waals surface area (Å²) in [5.74, 6) is 0.638. The van der Waals surface area contributed by atoms with Crippen molar-refractivity contribution in [1.29, 1.82) is 0 Å². The fraction of sp³-hybridized carbons (Fsp3) is 0.382. The molecule has 1 heterocycles. The number of sulfonamides is 1. The van der Waals surface area contributed by atoms with Crippen molar-refractivity contribution >= 4 is 55.8 Å². The zero-order valence-corrected chi connectivity index (χ0v) is 27.2. The van der Waals surface area contributed by atoms with Gasteiger partial charge in [0.1, 0.15) is 0 Å². The van der Waals surface area contributed by atoms with Gasteiger partial charge in [-0.2, -0.15) is 12.6 Å². The van der Waals surface area contributed by atoms with Gasteiger partial charge in [-0.1, -0.05) is 67.1 Å². The third-order valence-electron chi connectivity index (χ3n) is 8.50. The minimum atomic E-state index is -3.69. The Morgan fingerprint density at radius 3 is 2.45 bits per heavy atom. The summed E-state index contributed by atoms with van der Waals surface area (Å²) in [5, 5.41) is 3.63. The summed E-state index contributed by atoms with van der Waals surface area (Å²) in [6.45, 7) is 3.04. The van der Waals surface area contributed by atoms with Crippen LogP contribution in [0.2, 0.25) is 0 Å². The normalized spacial score (nSPS) is 16.8. The summed E-state index contributed by atoms with van der Waals surface area (Å²) in [6.07, 6.45) is 2.34. The molecule has 5 rings (SSSR count). The van der Waals surface area contributed by atoms with Crippen molar-refractivity contribution in [2.45, 2.75) is 36.2 Å². The van der Waals surface area contributed by atoms with Crippen LogP contribution in [0.3, 0.4) is 0 Å². The molecule has 1 amide bonds. The van der Waals surface area contributed by atoms with E-state index in [1.165, 1.54) is 0 Å². The van der Waals surface area contributed by atoms with E-state index in [4.69, 9.17) is 5.73 Å². The molecule has 0 unspecified atom stereocenters. The minimum Gasteiger partial charge on any atom is -0.377 e. The number of fused-ring (bicyclic) bond motifs is 2. The standard InChI is InChI=1S/C34H43N5O3S2/c1-37(2)32-17-8-15-30-29(32)14-9-18-33(30)44(41,42)36-19-6-5-12-27-23-39(21-20-38(27)22-26(35)24-43)34(40)31-16-7-11-25-10-3-4-13-28(25)31/h3-4,7-11,13-18,26-27,36,43H,5-6,12,19-24,35H2,1-2H3/t26-,27+/m1/s1. The molecule has 10 heteroatoms. The number of nitrogens with two attached hydrogens (primary N) is 1. The Bertz CT molecular complexity index is 1710. The highest BCUT2D eigenvalue weighted by Crippen LogP contribution is 2.30. The number of nitrogens with zero attached hydrogens (tertiary/aromatic N) is 3. The van der Waals surface area contributed by atoms with Crippen LogP contribution in [0.15, 0.2) is 83.8 Å². The molecule has 1 aliphatic heterocycles. The first-order chi connectivity index (χ1) is 21.2. The molecule has 4 aromatic carbocycles. The lowest BCUT2D eigenvalue weighted by atomic mass is 10.0. The molecule has 8 nitrogen and oxygen atoms in total. The number of hydrogen-bond acceptors (Lipinski definition) is 7. The Hall–Kier alpha value is -3.15. The monoisotopic (exact) mass is 633 g/mol. The predicted molar refractivity (Wildman–Crippen MR) is 184 cm³/mol. The van der Waals surface area contributed by atoms with Crippen molar-refractivity contribution in [3.8, 4) is 0 Å². The van der Waals surface area contributed by atoms with E-state index in [9.17, 15) is 13.2 Å². The molecule has 0 aliphatic carbocycles. The second-order valence-corrected chi connectivity index (χ2v) is 13.9. The van der Waals surface area contributed by atoms with Gasteiger partial charge in [-0.15, -0.1) is 0 Å². The number of nitrogens with one attached hydrogen (secondary N) is 1. The second-order valence-electron chi connectivity index (χ2n) is 11.8. The van der Waals surface area contributed by atoms with E-state index in [-0.39, 0.29) is 18.0 Å². The van der Waals surface area contributed by atoms with E-state index in [1.54, 1.807) is 12.1 Å². The molecule has 4 aromatic rings. The first kappa shape index (κ1) is 32.2. The lowest BCUT2D eigenvalue weighted by molar-refractivity contribution is 0.0449. The first-order valence-electron chi connectivity index (χ1n) is 15.3. The number of thiol groups is 1. The fourth-order valence-corrected chi connectivity index (χ4v) is 7.62. The average Bonchev–Trinajstić information content (AvgIpc) is 3.03. The molecule has 0 bridgehead atoms. The molecule has 1 saturated heterocycles. The number of carbonyl (C=O) groups is 1. The smallest absolute Gasteiger partial charge is 0.254 e. The average molecular weight is 634 g/mol. The molecule has 3 N–H and O–H groups in total. The highest BCUT2D eigenvalue weighted by molar-refractivity contribution is 7.89. The highest BCUT2D eigenvalue weighted by Gasteiger charge is 2.31. The molecule has 2 atom stereocenters. The van der Waals surface area contributed by atoms with Gasteiger partial charge in [0.2, 0.25) is 10.0 Å². The Balaban J connectivity index is 1.23. The molecule has 1 aliphatic rings. The number of unbranched alkanes of at least 4 members (excludes halogenated alkanes) is 1. The molecule has 44 heavy (non-hydrogen) atoms. The van der Waals surface area contributed by atoms with Gasteiger partial charge in [0, 0.05) is 86.7 Å². The van der Waals surface area contributed by atoms with Gasteiger partial charge < -0.3 is 15.5 Å². The van der Waals surface area contributed by atoms with Crippen molar-refractivity contribution in [2.24, 2.45) is 5.73 Å². The molecule has 1 fully saturated rings. The van der Waals surface area contributed by atoms with Crippen LogP contribution in [-0.2, 0) is 10.0 Å². The second kappa shape index (κ2) is 14.3. The Labute approximate surface area is 266 Å². The van der Waals surface area contributed by atoms with E-state index in [1.807, 2.05) is 90.6 Å². The summed E-state index contributed by atoms with van der Waals surface area (Å²) in [6, 6.07) is 25.1. The molecule has 0 radical (unpaired) electrons. The van der Waals surface area contributed by atoms with E-state index >= 15 is 0 Å². The highest BCUT2D eigenvalue weighted by atomic mass is 32.2. The lowest BCUT2D eigenvalue weighted by Crippen LogP contribution is -2.57. The van der Waals surface area contributed by atoms with Crippen LogP contribution >= 0.6 is 12.6 Å². The van der Waals surface area contributed by atoms with Gasteiger partial charge in [-0.3, -0.25) is 9.69 Å². The van der Waals surface area contributed by atoms with Crippen LogP contribution in [0.1, 0.15) is 29.6 Å². The predicted octanol–water partition coefficient (Wildman–Crippen LogP) is 4.59. The van der Waals surface area contributed by atoms with E-state index in [2.05, 4.69) is 22.3 Å². The van der Waals surface area contributed by atoms with Crippen LogP contribution in [0.5, 0.6) is 0 Å². The quantitative estimate of drug-likeness (QED) is 0.156. The zero-order valence-electron chi connectivity index (χ0n) is 25.5. The summed E-state index contributed by atoms with van der Waals surface area (Å²) in [5.41, 5.74) is 7.98. The van der Waals surface area contributed by atoms with Crippen molar-refractivity contribution < 1.29 is 13.2 Å². The zero-order chi connectivity index (χ0) is 31.3. The lowest BCUT2D eigenvalue weighted by Gasteiger charge is -2.42. The van der Waals surface area contributed by atoms with Gasteiger partial charge in [0.05, 0.1) is 4.90 Å². The van der Waals surface area contributed by atoms with Crippen LogP contribution in [0.4, 0.5) is 5.69 Å². The summed E-state index contributed by atoms with van der Waals surface area (Å²) in [4.78, 5) is 20.3. The number of anilines is 1. The molecular weight excluding hydrogens is 591 g/mol. The number of piperazine rings is 1. The van der Waals surface area contributed by atoms with Gasteiger partial charge in [0.25, 0.3) is 5.91 Å². The van der Waals surface area contributed by atoms with Crippen molar-refractivity contribution in [3.05, 3.63) is 84.4 Å². The Kier molecular flexibility index (Phi) is 10.5. The summed E-state index contributed by atoms with van der Waals surface area (Å²) in [7, 11) is 0.212.